The van der Waals surface area contributed by atoms with Gasteiger partial charge in [-0.25, -0.2) is 0 Å². The summed E-state index contributed by atoms with van der Waals surface area (Å²) in [6, 6.07) is 7.90. The first-order valence-corrected chi connectivity index (χ1v) is 8.64. The van der Waals surface area contributed by atoms with Crippen LogP contribution in [-0.4, -0.2) is 46.0 Å². The molecule has 24 heavy (non-hydrogen) atoms. The largest absolute Gasteiger partial charge is 0.395 e. The topological polar surface area (TPSA) is 73.3 Å². The van der Waals surface area contributed by atoms with Crippen LogP contribution in [0.1, 0.15) is 16.8 Å². The van der Waals surface area contributed by atoms with Crippen LogP contribution >= 0.6 is 11.6 Å². The molecule has 1 aromatic carbocycles. The van der Waals surface area contributed by atoms with Crippen LogP contribution in [0.5, 0.6) is 0 Å². The van der Waals surface area contributed by atoms with Crippen molar-refractivity contribution < 1.29 is 5.11 Å². The molecule has 0 atom stereocenters. The summed E-state index contributed by atoms with van der Waals surface area (Å²) in [7, 11) is 0. The summed E-state index contributed by atoms with van der Waals surface area (Å²) in [6.07, 6.45) is 0.766. The number of hydrogen-bond donors (Lipinski definition) is 3. The first kappa shape index (κ1) is 17.2. The minimum absolute atomic E-state index is 0.0817. The van der Waals surface area contributed by atoms with Crippen molar-refractivity contribution in [3.05, 3.63) is 56.5 Å². The van der Waals surface area contributed by atoms with Crippen LogP contribution in [0.4, 0.5) is 0 Å². The van der Waals surface area contributed by atoms with Gasteiger partial charge in [-0.05, 0) is 24.1 Å². The summed E-state index contributed by atoms with van der Waals surface area (Å²) in [5.41, 5.74) is 3.18. The fourth-order valence-electron chi connectivity index (χ4n) is 3.12. The lowest BCUT2D eigenvalue weighted by Crippen LogP contribution is -2.32. The maximum atomic E-state index is 12.4. The summed E-state index contributed by atoms with van der Waals surface area (Å²) >= 11 is 6.05. The maximum absolute atomic E-state index is 12.4. The van der Waals surface area contributed by atoms with Crippen molar-refractivity contribution in [2.75, 3.05) is 26.2 Å². The lowest BCUT2D eigenvalue weighted by Gasteiger charge is -2.26. The zero-order valence-electron chi connectivity index (χ0n) is 13.6. The van der Waals surface area contributed by atoms with E-state index in [1.54, 1.807) is 4.68 Å². The summed E-state index contributed by atoms with van der Waals surface area (Å²) in [5.74, 6) is 0. The second kappa shape index (κ2) is 7.98. The van der Waals surface area contributed by atoms with E-state index in [1.807, 2.05) is 18.2 Å². The predicted molar refractivity (Wildman–Crippen MR) is 94.3 cm³/mol. The normalized spacial score (nSPS) is 14.8. The Morgan fingerprint density at radius 3 is 3.00 bits per heavy atom. The lowest BCUT2D eigenvalue weighted by molar-refractivity contribution is 0.242. The number of hydrogen-bond acceptors (Lipinski definition) is 4. The molecule has 0 spiro atoms. The van der Waals surface area contributed by atoms with E-state index in [0.29, 0.717) is 19.6 Å². The van der Waals surface area contributed by atoms with E-state index in [9.17, 15) is 4.79 Å². The number of rotatable bonds is 7. The molecule has 0 unspecified atom stereocenters. The van der Waals surface area contributed by atoms with Crippen molar-refractivity contribution in [3.8, 4) is 0 Å². The minimum atomic E-state index is 0.0817. The van der Waals surface area contributed by atoms with E-state index in [0.717, 1.165) is 42.3 Å². The first-order chi connectivity index (χ1) is 11.7. The number of benzene rings is 1. The number of aromatic nitrogens is 2. The van der Waals surface area contributed by atoms with Crippen LogP contribution in [-0.2, 0) is 26.1 Å². The van der Waals surface area contributed by atoms with Gasteiger partial charge in [-0.3, -0.25) is 19.5 Å². The molecular weight excluding hydrogens is 328 g/mol. The second-order valence-electron chi connectivity index (χ2n) is 6.09. The standard InChI is InChI=1S/C17H23ClN4O2/c18-14-3-1-2-13(10-14)11-21-7-4-15-16(12-21)20-22(17(15)24)8-5-19-6-9-23/h1-3,10,19-20,23H,4-9,11-12H2. The Kier molecular flexibility index (Phi) is 5.73. The fourth-order valence-corrected chi connectivity index (χ4v) is 3.33. The van der Waals surface area contributed by atoms with Crippen LogP contribution in [0.25, 0.3) is 0 Å². The monoisotopic (exact) mass is 350 g/mol. The molecular formula is C17H23ClN4O2. The third kappa shape index (κ3) is 4.08. The summed E-state index contributed by atoms with van der Waals surface area (Å²) in [6.45, 7) is 4.33. The molecule has 2 aromatic rings. The van der Waals surface area contributed by atoms with Gasteiger partial charge in [0.15, 0.2) is 0 Å². The Bertz CT molecular complexity index is 740. The summed E-state index contributed by atoms with van der Waals surface area (Å²) < 4.78 is 1.66. The van der Waals surface area contributed by atoms with Crippen molar-refractivity contribution in [2.24, 2.45) is 0 Å². The van der Waals surface area contributed by atoms with E-state index in [-0.39, 0.29) is 12.2 Å². The fraction of sp³-hybridized carbons (Fsp3) is 0.471. The summed E-state index contributed by atoms with van der Waals surface area (Å²) in [4.78, 5) is 14.7. The quantitative estimate of drug-likeness (QED) is 0.651. The van der Waals surface area contributed by atoms with Crippen LogP contribution < -0.4 is 10.9 Å². The molecule has 1 aliphatic rings. The molecule has 1 aromatic heterocycles. The van der Waals surface area contributed by atoms with Gasteiger partial charge in [0.2, 0.25) is 0 Å². The van der Waals surface area contributed by atoms with Gasteiger partial charge >= 0.3 is 0 Å². The van der Waals surface area contributed by atoms with Gasteiger partial charge in [-0.15, -0.1) is 0 Å². The predicted octanol–water partition coefficient (Wildman–Crippen LogP) is 0.970. The molecule has 0 amide bonds. The van der Waals surface area contributed by atoms with E-state index < -0.39 is 0 Å². The van der Waals surface area contributed by atoms with Crippen molar-refractivity contribution in [1.29, 1.82) is 0 Å². The molecule has 3 rings (SSSR count). The molecule has 2 heterocycles. The van der Waals surface area contributed by atoms with Crippen LogP contribution in [0.15, 0.2) is 29.1 Å². The molecule has 0 aliphatic carbocycles. The third-order valence-electron chi connectivity index (χ3n) is 4.29. The molecule has 1 aliphatic heterocycles. The second-order valence-corrected chi connectivity index (χ2v) is 6.53. The molecule has 0 saturated heterocycles. The Labute approximate surface area is 146 Å². The molecule has 3 N–H and O–H groups in total. The molecule has 0 fully saturated rings. The Morgan fingerprint density at radius 1 is 1.33 bits per heavy atom. The number of aliphatic hydroxyl groups is 1. The van der Waals surface area contributed by atoms with Gasteiger partial charge in [-0.1, -0.05) is 23.7 Å². The lowest BCUT2D eigenvalue weighted by atomic mass is 10.1. The number of aromatic amines is 1. The smallest absolute Gasteiger partial charge is 0.270 e. The highest BCUT2D eigenvalue weighted by molar-refractivity contribution is 6.30. The van der Waals surface area contributed by atoms with E-state index in [2.05, 4.69) is 21.4 Å². The van der Waals surface area contributed by atoms with Crippen molar-refractivity contribution >= 4 is 11.6 Å². The van der Waals surface area contributed by atoms with Gasteiger partial charge in [0.05, 0.1) is 18.8 Å². The van der Waals surface area contributed by atoms with E-state index >= 15 is 0 Å². The van der Waals surface area contributed by atoms with Gasteiger partial charge in [0.1, 0.15) is 0 Å². The molecule has 7 heteroatoms. The Hall–Kier alpha value is -1.60. The average molecular weight is 351 g/mol. The highest BCUT2D eigenvalue weighted by Gasteiger charge is 2.22. The van der Waals surface area contributed by atoms with Crippen molar-refractivity contribution in [1.82, 2.24) is 20.0 Å². The highest BCUT2D eigenvalue weighted by Crippen LogP contribution is 2.18. The third-order valence-corrected chi connectivity index (χ3v) is 4.53. The molecule has 0 radical (unpaired) electrons. The van der Waals surface area contributed by atoms with E-state index in [4.69, 9.17) is 16.7 Å². The van der Waals surface area contributed by atoms with Gasteiger partial charge < -0.3 is 10.4 Å². The molecule has 0 saturated carbocycles. The number of nitrogens with one attached hydrogen (secondary N) is 2. The van der Waals surface area contributed by atoms with E-state index in [1.165, 1.54) is 5.56 Å². The number of aliphatic hydroxyl groups excluding tert-OH is 1. The van der Waals surface area contributed by atoms with Crippen LogP contribution in [0, 0.1) is 0 Å². The zero-order chi connectivity index (χ0) is 16.9. The van der Waals surface area contributed by atoms with Gasteiger partial charge in [0, 0.05) is 43.3 Å². The SMILES string of the molecule is O=c1c2c([nH]n1CCNCCO)CN(Cc1cccc(Cl)c1)CC2. The molecule has 0 bridgehead atoms. The first-order valence-electron chi connectivity index (χ1n) is 8.26. The maximum Gasteiger partial charge on any atom is 0.270 e. The zero-order valence-corrected chi connectivity index (χ0v) is 14.4. The summed E-state index contributed by atoms with van der Waals surface area (Å²) in [5, 5.41) is 15.8. The van der Waals surface area contributed by atoms with Crippen molar-refractivity contribution in [2.45, 2.75) is 26.1 Å². The van der Waals surface area contributed by atoms with Crippen LogP contribution in [0.2, 0.25) is 5.02 Å². The number of H-pyrrole nitrogens is 1. The van der Waals surface area contributed by atoms with Crippen LogP contribution in [0.3, 0.4) is 0 Å². The van der Waals surface area contributed by atoms with Crippen molar-refractivity contribution in [3.63, 3.8) is 0 Å². The Balaban J connectivity index is 1.64. The highest BCUT2D eigenvalue weighted by atomic mass is 35.5. The number of nitrogens with zero attached hydrogens (tertiary/aromatic N) is 2. The number of fused-ring (bicyclic) bond motifs is 1. The molecule has 6 nitrogen and oxygen atoms in total. The minimum Gasteiger partial charge on any atom is -0.395 e. The molecule has 130 valence electrons. The average Bonchev–Trinajstić information content (AvgIpc) is 2.87. The van der Waals surface area contributed by atoms with Gasteiger partial charge in [0.25, 0.3) is 5.56 Å². The van der Waals surface area contributed by atoms with Gasteiger partial charge in [-0.2, -0.15) is 0 Å². The number of halogens is 1. The Morgan fingerprint density at radius 2 is 2.21 bits per heavy atom.